The zero-order chi connectivity index (χ0) is 3.58. The van der Waals surface area contributed by atoms with Crippen LogP contribution in [-0.2, 0) is 0 Å². The first kappa shape index (κ1) is 15.7. The molecular weight excluding hydrogens is 110 g/mol. The molecule has 0 spiro atoms. The van der Waals surface area contributed by atoms with Crippen molar-refractivity contribution >= 4 is 53.5 Å². The molecule has 0 saturated carbocycles. The van der Waals surface area contributed by atoms with Gasteiger partial charge in [-0.3, -0.25) is 0 Å². The van der Waals surface area contributed by atoms with E-state index in [4.69, 9.17) is 15.1 Å². The van der Waals surface area contributed by atoms with Crippen LogP contribution in [0.4, 0.5) is 0 Å². The van der Waals surface area contributed by atoms with Crippen molar-refractivity contribution in [3.05, 3.63) is 0 Å². The summed E-state index contributed by atoms with van der Waals surface area (Å²) in [4.78, 5) is 0. The zero-order valence-corrected chi connectivity index (χ0v) is 5.41. The minimum Gasteiger partial charge on any atom is -0.402 e. The predicted molar refractivity (Wildman–Crippen MR) is 23.9 cm³/mol. The predicted octanol–water partition coefficient (Wildman–Crippen LogP) is -2.81. The minimum absolute atomic E-state index is 0. The van der Waals surface area contributed by atoms with Crippen LogP contribution in [0.3, 0.4) is 0 Å². The van der Waals surface area contributed by atoms with Gasteiger partial charge < -0.3 is 15.1 Å². The quantitative estimate of drug-likeness (QED) is 0.297. The summed E-state index contributed by atoms with van der Waals surface area (Å²) in [5, 5.41) is 21.5. The van der Waals surface area contributed by atoms with Crippen molar-refractivity contribution < 1.29 is 15.1 Å². The summed E-state index contributed by atoms with van der Waals surface area (Å²) < 4.78 is 0. The van der Waals surface area contributed by atoms with Crippen LogP contribution in [-0.4, -0.2) is 68.5 Å². The van der Waals surface area contributed by atoms with Gasteiger partial charge in [-0.25, -0.2) is 0 Å². The molecule has 0 unspecified atom stereocenters. The molecule has 0 rings (SSSR count). The average Bonchev–Trinajstić information content (AvgIpc) is 0.811. The fourth-order valence-corrected chi connectivity index (χ4v) is 0. The van der Waals surface area contributed by atoms with Crippen LogP contribution in [0.5, 0.6) is 0 Å². The summed E-state index contributed by atoms with van der Waals surface area (Å²) in [6.45, 7) is 0. The van der Waals surface area contributed by atoms with E-state index in [2.05, 4.69) is 0 Å². The van der Waals surface area contributed by atoms with Gasteiger partial charge in [0.1, 0.15) is 0 Å². The van der Waals surface area contributed by atoms with E-state index >= 15 is 0 Å². The second-order valence-electron chi connectivity index (χ2n) is 0.346. The molecule has 0 aromatic carbocycles. The van der Waals surface area contributed by atoms with E-state index in [1.165, 1.54) is 0 Å². The summed E-state index contributed by atoms with van der Waals surface area (Å²) in [7, 11) is -2.17. The Hall–Kier alpha value is 1.27. The molecule has 5 radical (unpaired) electrons. The molecule has 0 saturated heterocycles. The smallest absolute Gasteiger partial charge is 0.402 e. The monoisotopic (exact) mass is 113 g/mol. The normalized spacial score (nSPS) is 4.50. The van der Waals surface area contributed by atoms with E-state index in [1.54, 1.807) is 0 Å². The Morgan fingerprint density at radius 2 is 1.00 bits per heavy atom. The molecule has 0 aliphatic carbocycles. The molecule has 0 aliphatic rings. The van der Waals surface area contributed by atoms with E-state index in [9.17, 15) is 0 Å². The Morgan fingerprint density at radius 3 is 1.00 bits per heavy atom. The van der Waals surface area contributed by atoms with Gasteiger partial charge in [-0.1, -0.05) is 0 Å². The second kappa shape index (κ2) is 9.55. The van der Waals surface area contributed by atoms with Crippen molar-refractivity contribution in [1.82, 2.24) is 0 Å². The maximum atomic E-state index is 7.17. The van der Waals surface area contributed by atoms with Gasteiger partial charge in [0.25, 0.3) is 0 Å². The molecule has 29 valence electrons. The third-order valence-corrected chi connectivity index (χ3v) is 0. The molecule has 3 nitrogen and oxygen atoms in total. The molecule has 6 heteroatoms. The van der Waals surface area contributed by atoms with Crippen molar-refractivity contribution in [2.75, 3.05) is 0 Å². The molecule has 0 aromatic heterocycles. The third kappa shape index (κ3) is 59.6. The fraction of sp³-hybridized carbons (Fsp3) is 0. The van der Waals surface area contributed by atoms with Gasteiger partial charge in [0.15, 0.2) is 0 Å². The molecular formula is H3B2CaO3. The molecule has 0 fully saturated rings. The van der Waals surface area contributed by atoms with Crippen molar-refractivity contribution in [1.29, 1.82) is 0 Å². The van der Waals surface area contributed by atoms with E-state index in [-0.39, 0.29) is 46.2 Å². The van der Waals surface area contributed by atoms with Gasteiger partial charge in [0, 0.05) is 46.2 Å². The van der Waals surface area contributed by atoms with Crippen LogP contribution in [0, 0.1) is 0 Å². The number of hydrogen-bond donors (Lipinski definition) is 3. The van der Waals surface area contributed by atoms with Gasteiger partial charge in [-0.15, -0.1) is 0 Å². The first-order valence-electron chi connectivity index (χ1n) is 0.775. The van der Waals surface area contributed by atoms with Crippen molar-refractivity contribution in [3.63, 3.8) is 0 Å². The molecule has 0 aromatic rings. The topological polar surface area (TPSA) is 60.7 Å². The standard InChI is InChI=1S/BH3O3.B.Ca/c2-1(3)4;;/h2-4H;;. The summed E-state index contributed by atoms with van der Waals surface area (Å²) in [5.74, 6) is 0. The fourth-order valence-electron chi connectivity index (χ4n) is 0. The van der Waals surface area contributed by atoms with Crippen LogP contribution in [0.2, 0.25) is 0 Å². The van der Waals surface area contributed by atoms with E-state index < -0.39 is 7.32 Å². The molecule has 0 atom stereocenters. The second-order valence-corrected chi connectivity index (χ2v) is 0.346. The van der Waals surface area contributed by atoms with Gasteiger partial charge in [0.05, 0.1) is 0 Å². The molecule has 0 heterocycles. The Labute approximate surface area is 68.1 Å². The van der Waals surface area contributed by atoms with Crippen LogP contribution < -0.4 is 0 Å². The van der Waals surface area contributed by atoms with Crippen molar-refractivity contribution in [2.45, 2.75) is 0 Å². The molecule has 0 aliphatic heterocycles. The third-order valence-electron chi connectivity index (χ3n) is 0. The average molecular weight is 113 g/mol. The number of hydrogen-bond acceptors (Lipinski definition) is 3. The maximum absolute atomic E-state index is 7.17. The summed E-state index contributed by atoms with van der Waals surface area (Å²) >= 11 is 0. The Morgan fingerprint density at radius 1 is 1.00 bits per heavy atom. The Balaban J connectivity index is -0.0000000450. The van der Waals surface area contributed by atoms with Crippen LogP contribution >= 0.6 is 0 Å². The van der Waals surface area contributed by atoms with Crippen LogP contribution in [0.1, 0.15) is 0 Å². The molecule has 0 bridgehead atoms. The molecule has 6 heavy (non-hydrogen) atoms. The summed E-state index contributed by atoms with van der Waals surface area (Å²) in [6, 6.07) is 0. The van der Waals surface area contributed by atoms with E-state index in [0.29, 0.717) is 0 Å². The van der Waals surface area contributed by atoms with Crippen LogP contribution in [0.25, 0.3) is 0 Å². The van der Waals surface area contributed by atoms with E-state index in [1.807, 2.05) is 0 Å². The summed E-state index contributed by atoms with van der Waals surface area (Å²) in [5.41, 5.74) is 0. The zero-order valence-electron chi connectivity index (χ0n) is 3.20. The Kier molecular flexibility index (Phi) is 25.0. The molecule has 3 N–H and O–H groups in total. The maximum Gasteiger partial charge on any atom is 0.631 e. The van der Waals surface area contributed by atoms with Crippen LogP contribution in [0.15, 0.2) is 0 Å². The summed E-state index contributed by atoms with van der Waals surface area (Å²) in [6.07, 6.45) is 0. The van der Waals surface area contributed by atoms with Gasteiger partial charge >= 0.3 is 7.32 Å². The van der Waals surface area contributed by atoms with Gasteiger partial charge in [-0.2, -0.15) is 0 Å². The van der Waals surface area contributed by atoms with Gasteiger partial charge in [-0.05, 0) is 0 Å². The minimum atomic E-state index is -2.17. The largest absolute Gasteiger partial charge is 0.631 e. The van der Waals surface area contributed by atoms with Crippen molar-refractivity contribution in [2.24, 2.45) is 0 Å². The Bertz CT molecular complexity index is 13.5. The van der Waals surface area contributed by atoms with Gasteiger partial charge in [0.2, 0.25) is 0 Å². The first-order chi connectivity index (χ1) is 1.73. The number of rotatable bonds is 0. The first-order valence-corrected chi connectivity index (χ1v) is 0.775. The SMILES string of the molecule is OB(O)O.[B].[Ca]. The van der Waals surface area contributed by atoms with Crippen molar-refractivity contribution in [3.8, 4) is 0 Å². The molecule has 0 amide bonds. The van der Waals surface area contributed by atoms with E-state index in [0.717, 1.165) is 0 Å².